The molecule has 2 N–H and O–H groups in total. The molecule has 0 radical (unpaired) electrons. The Kier molecular flexibility index (Phi) is 3.15. The van der Waals surface area contributed by atoms with Crippen LogP contribution in [0.15, 0.2) is 36.0 Å². The van der Waals surface area contributed by atoms with E-state index < -0.39 is 0 Å². The molecule has 4 rings (SSSR count). The number of hydrogen-bond donors (Lipinski definition) is 2. The van der Waals surface area contributed by atoms with Gasteiger partial charge in [-0.3, -0.25) is 4.68 Å². The topological polar surface area (TPSA) is 51.1 Å². The zero-order chi connectivity index (χ0) is 16.0. The third-order valence-electron chi connectivity index (χ3n) is 4.56. The summed E-state index contributed by atoms with van der Waals surface area (Å²) in [6.07, 6.45) is 5.01. The fourth-order valence-corrected chi connectivity index (χ4v) is 3.46. The van der Waals surface area contributed by atoms with Gasteiger partial charge >= 0.3 is 0 Å². The first-order chi connectivity index (χ1) is 11.2. The smallest absolute Gasteiger partial charge is 0.125 e. The molecule has 118 valence electrons. The molecular formula is C18H20N4O. The van der Waals surface area contributed by atoms with Crippen molar-refractivity contribution in [1.82, 2.24) is 20.4 Å². The predicted octanol–water partition coefficient (Wildman–Crippen LogP) is 0.671. The number of rotatable bonds is 3. The van der Waals surface area contributed by atoms with Gasteiger partial charge in [-0.15, -0.1) is 0 Å². The lowest BCUT2D eigenvalue weighted by molar-refractivity contribution is 0.415. The number of ether oxygens (including phenoxy) is 1. The van der Waals surface area contributed by atoms with Crippen LogP contribution in [0.2, 0.25) is 0 Å². The van der Waals surface area contributed by atoms with E-state index in [1.54, 1.807) is 7.11 Å². The molecule has 1 aromatic heterocycles. The van der Waals surface area contributed by atoms with Crippen LogP contribution in [-0.4, -0.2) is 23.1 Å². The fraction of sp³-hybridized carbons (Fsp3) is 0.278. The Hall–Kier alpha value is -2.69. The highest BCUT2D eigenvalue weighted by Gasteiger charge is 2.31. The molecule has 2 aromatic rings. The van der Waals surface area contributed by atoms with E-state index in [2.05, 4.69) is 34.8 Å². The van der Waals surface area contributed by atoms with Crippen LogP contribution in [0.5, 0.6) is 5.75 Å². The van der Waals surface area contributed by atoms with Gasteiger partial charge in [0.15, 0.2) is 0 Å². The molecule has 1 aromatic carbocycles. The van der Waals surface area contributed by atoms with Crippen LogP contribution >= 0.6 is 0 Å². The van der Waals surface area contributed by atoms with E-state index in [1.165, 1.54) is 27.8 Å². The number of fused-ring (bicyclic) bond motifs is 2. The zero-order valence-corrected chi connectivity index (χ0v) is 13.6. The van der Waals surface area contributed by atoms with E-state index in [9.17, 15) is 0 Å². The van der Waals surface area contributed by atoms with Crippen molar-refractivity contribution in [2.45, 2.75) is 19.5 Å². The summed E-state index contributed by atoms with van der Waals surface area (Å²) in [6, 6.07) is 8.20. The summed E-state index contributed by atoms with van der Waals surface area (Å²) in [5.41, 5.74) is 5.00. The van der Waals surface area contributed by atoms with E-state index in [4.69, 9.17) is 4.74 Å². The molecule has 0 saturated carbocycles. The average molecular weight is 308 g/mol. The predicted molar refractivity (Wildman–Crippen MR) is 90.6 cm³/mol. The summed E-state index contributed by atoms with van der Waals surface area (Å²) in [7, 11) is 3.69. The molecule has 0 bridgehead atoms. The molecule has 0 aliphatic carbocycles. The van der Waals surface area contributed by atoms with Crippen molar-refractivity contribution in [3.05, 3.63) is 52.2 Å². The second-order valence-electron chi connectivity index (χ2n) is 5.81. The Balaban J connectivity index is 1.93. The minimum Gasteiger partial charge on any atom is -0.497 e. The molecule has 0 fully saturated rings. The molecule has 0 amide bonds. The maximum absolute atomic E-state index is 5.26. The fourth-order valence-electron chi connectivity index (χ4n) is 3.46. The van der Waals surface area contributed by atoms with Crippen molar-refractivity contribution in [2.75, 3.05) is 7.11 Å². The number of aromatic nitrogens is 2. The Bertz CT molecular complexity index is 905. The summed E-state index contributed by atoms with van der Waals surface area (Å²) < 4.78 is 7.22. The zero-order valence-electron chi connectivity index (χ0n) is 13.6. The van der Waals surface area contributed by atoms with E-state index >= 15 is 0 Å². The number of hydrogen-bond acceptors (Lipinski definition) is 4. The number of aryl methyl sites for hydroxylation is 1. The van der Waals surface area contributed by atoms with Gasteiger partial charge in [-0.05, 0) is 41.8 Å². The first-order valence-electron chi connectivity index (χ1n) is 7.86. The number of nitrogens with one attached hydrogen (secondary N) is 2. The second kappa shape index (κ2) is 5.19. The summed E-state index contributed by atoms with van der Waals surface area (Å²) in [6.45, 7) is 2.20. The highest BCUT2D eigenvalue weighted by molar-refractivity contribution is 5.89. The lowest BCUT2D eigenvalue weighted by Crippen LogP contribution is -2.47. The van der Waals surface area contributed by atoms with Crippen LogP contribution < -0.4 is 25.9 Å². The van der Waals surface area contributed by atoms with E-state index in [0.29, 0.717) is 0 Å². The summed E-state index contributed by atoms with van der Waals surface area (Å²) in [5.74, 6) is 0.871. The SMILES string of the molecule is CCC1=C(c2ccc(OC)cc2)NC2NC=c3cnn(C)c3=C12. The number of nitrogens with zero attached hydrogens (tertiary/aromatic N) is 2. The average Bonchev–Trinajstić information content (AvgIpc) is 3.15. The quantitative estimate of drug-likeness (QED) is 0.875. The van der Waals surface area contributed by atoms with E-state index in [1.807, 2.05) is 36.3 Å². The summed E-state index contributed by atoms with van der Waals surface area (Å²) >= 11 is 0. The maximum atomic E-state index is 5.26. The third kappa shape index (κ3) is 2.04. The molecule has 23 heavy (non-hydrogen) atoms. The highest BCUT2D eigenvalue weighted by Crippen LogP contribution is 2.33. The van der Waals surface area contributed by atoms with Gasteiger partial charge in [0.2, 0.25) is 0 Å². The van der Waals surface area contributed by atoms with Gasteiger partial charge in [0.25, 0.3) is 0 Å². The van der Waals surface area contributed by atoms with Gasteiger partial charge in [-0.25, -0.2) is 0 Å². The molecule has 0 spiro atoms. The molecule has 5 heteroatoms. The van der Waals surface area contributed by atoms with Crippen molar-refractivity contribution in [1.29, 1.82) is 0 Å². The third-order valence-corrected chi connectivity index (χ3v) is 4.56. The Morgan fingerprint density at radius 1 is 1.26 bits per heavy atom. The van der Waals surface area contributed by atoms with Crippen molar-refractivity contribution < 1.29 is 4.74 Å². The summed E-state index contributed by atoms with van der Waals surface area (Å²) in [4.78, 5) is 0. The monoisotopic (exact) mass is 308 g/mol. The lowest BCUT2D eigenvalue weighted by Gasteiger charge is -2.18. The molecular weight excluding hydrogens is 288 g/mol. The second-order valence-corrected chi connectivity index (χ2v) is 5.81. The van der Waals surface area contributed by atoms with Gasteiger partial charge in [0.05, 0.1) is 18.7 Å². The van der Waals surface area contributed by atoms with Gasteiger partial charge in [0, 0.05) is 29.7 Å². The van der Waals surface area contributed by atoms with Crippen molar-refractivity contribution in [3.63, 3.8) is 0 Å². The molecule has 1 unspecified atom stereocenters. The molecule has 0 saturated heterocycles. The van der Waals surface area contributed by atoms with E-state index in [-0.39, 0.29) is 6.17 Å². The largest absolute Gasteiger partial charge is 0.497 e. The first-order valence-corrected chi connectivity index (χ1v) is 7.86. The number of methoxy groups -OCH3 is 1. The highest BCUT2D eigenvalue weighted by atomic mass is 16.5. The van der Waals surface area contributed by atoms with Gasteiger partial charge < -0.3 is 15.4 Å². The lowest BCUT2D eigenvalue weighted by atomic mass is 9.98. The van der Waals surface area contributed by atoms with Gasteiger partial charge in [-0.1, -0.05) is 6.92 Å². The molecule has 2 aliphatic rings. The standard InChI is InChI=1S/C18H20N4O/c1-4-14-15-17-12(10-20-22(17)2)9-19-18(15)21-16(14)11-5-7-13(23-3)8-6-11/h5-10,18-19,21H,4H2,1-3H3. The molecule has 5 nitrogen and oxygen atoms in total. The van der Waals surface area contributed by atoms with Crippen LogP contribution in [0.3, 0.4) is 0 Å². The Morgan fingerprint density at radius 3 is 2.74 bits per heavy atom. The number of benzene rings is 1. The molecule has 2 aliphatic heterocycles. The molecule has 1 atom stereocenters. The van der Waals surface area contributed by atoms with Crippen LogP contribution in [0.4, 0.5) is 0 Å². The van der Waals surface area contributed by atoms with Crippen LogP contribution in [-0.2, 0) is 7.05 Å². The minimum atomic E-state index is 0.102. The summed E-state index contributed by atoms with van der Waals surface area (Å²) in [5, 5.41) is 13.8. The normalized spacial score (nSPS) is 18.7. The van der Waals surface area contributed by atoms with Crippen LogP contribution in [0, 0.1) is 0 Å². The van der Waals surface area contributed by atoms with Crippen molar-refractivity contribution in [3.8, 4) is 5.75 Å². The molecule has 3 heterocycles. The minimum absolute atomic E-state index is 0.102. The van der Waals surface area contributed by atoms with Crippen LogP contribution in [0.1, 0.15) is 18.9 Å². The van der Waals surface area contributed by atoms with E-state index in [0.717, 1.165) is 17.4 Å². The van der Waals surface area contributed by atoms with Gasteiger partial charge in [0.1, 0.15) is 11.9 Å². The first kappa shape index (κ1) is 13.9. The van der Waals surface area contributed by atoms with Crippen molar-refractivity contribution >= 4 is 17.5 Å². The van der Waals surface area contributed by atoms with Gasteiger partial charge in [-0.2, -0.15) is 5.10 Å². The van der Waals surface area contributed by atoms with Crippen LogP contribution in [0.25, 0.3) is 17.5 Å². The maximum Gasteiger partial charge on any atom is 0.125 e. The van der Waals surface area contributed by atoms with Crippen molar-refractivity contribution in [2.24, 2.45) is 7.05 Å². The Labute approximate surface area is 135 Å². The Morgan fingerprint density at radius 2 is 2.04 bits per heavy atom.